The quantitative estimate of drug-likeness (QED) is 0.103. The standard InChI is InChI=1S/2C22H26FN3O3S.C20H22F2N4O3S.C20H23FN4O3S/c1-16-2-7-20(14-24-16)25-10-11-26(21(15-25)17-3-5-19(23)6-4-17)22(27)18-8-12-30(28,29)13-9-18;1-16-2-7-21(24-14-16)25-10-11-26(20(15-25)17-3-5-19(23)6-4-17)22(27)18-8-12-30(28,29)13-9-18;21-16-3-1-14(2-4-16)18-13-25(20-23-11-17(22)12-24-20)7-8-26(18)19(27)15-5-9-30(28,29)10-6-15;21-17-4-2-15(3-5-17)18-14-24(20-22-8-1-9-23-20)10-11-25(18)19(26)16-6-12-29(27,28)13-7-16/h2-7,14,18,21H,8-13,15H2,1H3;2-7,14,18,20H,8-13,15H2,1H3;1-4,11-12,15,18H,5-10,13H2;1-5,8-9,16,18H,6-7,10-14H2. The van der Waals surface area contributed by atoms with Crippen LogP contribution in [0.1, 0.15) is 109 Å². The smallest absolute Gasteiger partial charge is 0.226 e. The van der Waals surface area contributed by atoms with Gasteiger partial charge in [0, 0.05) is 126 Å². The van der Waals surface area contributed by atoms with E-state index in [0.717, 1.165) is 57.4 Å². The highest BCUT2D eigenvalue weighted by molar-refractivity contribution is 7.92. The third kappa shape index (κ3) is 22.5. The maximum absolute atomic E-state index is 13.5. The van der Waals surface area contributed by atoms with Crippen LogP contribution in [0.25, 0.3) is 0 Å². The number of rotatable bonds is 12. The zero-order valence-electron chi connectivity index (χ0n) is 66.2. The van der Waals surface area contributed by atoms with Gasteiger partial charge in [-0.3, -0.25) is 24.2 Å². The summed E-state index contributed by atoms with van der Waals surface area (Å²) in [6, 6.07) is 33.3. The average Bonchev–Trinajstić information content (AvgIpc) is 0.801. The molecule has 8 saturated heterocycles. The van der Waals surface area contributed by atoms with Gasteiger partial charge >= 0.3 is 0 Å². The van der Waals surface area contributed by atoms with E-state index in [0.29, 0.717) is 142 Å². The van der Waals surface area contributed by atoms with Crippen LogP contribution < -0.4 is 19.6 Å². The normalized spacial score (nSPS) is 22.2. The number of aryl methyl sites for hydroxylation is 2. The number of hydrogen-bond acceptors (Lipinski definition) is 22. The summed E-state index contributed by atoms with van der Waals surface area (Å²) in [5, 5.41) is 0. The lowest BCUT2D eigenvalue weighted by Gasteiger charge is -2.44. The van der Waals surface area contributed by atoms with Crippen LogP contribution in [0.4, 0.5) is 45.4 Å². The Bertz CT molecular complexity index is 4870. The molecule has 4 amide bonds. The molecule has 8 fully saturated rings. The number of sulfone groups is 4. The van der Waals surface area contributed by atoms with E-state index in [-0.39, 0.29) is 141 Å². The number of aromatic nitrogens is 6. The van der Waals surface area contributed by atoms with E-state index in [2.05, 4.69) is 39.7 Å². The number of benzene rings is 4. The summed E-state index contributed by atoms with van der Waals surface area (Å²) >= 11 is 0. The third-order valence-corrected chi connectivity index (χ3v) is 30.4. The van der Waals surface area contributed by atoms with E-state index >= 15 is 0 Å². The van der Waals surface area contributed by atoms with Crippen LogP contribution in [0.3, 0.4) is 0 Å². The minimum absolute atomic E-state index is 0.000839. The minimum atomic E-state index is -3.07. The van der Waals surface area contributed by atoms with Crippen LogP contribution in [-0.4, -0.2) is 231 Å². The van der Waals surface area contributed by atoms with Crippen molar-refractivity contribution in [2.75, 3.05) is 144 Å². The van der Waals surface area contributed by atoms with E-state index in [1.165, 1.54) is 48.5 Å². The highest BCUT2D eigenvalue weighted by Crippen LogP contribution is 2.38. The predicted octanol–water partition coefficient (Wildman–Crippen LogP) is 9.29. The number of amides is 4. The van der Waals surface area contributed by atoms with Gasteiger partial charge in [0.2, 0.25) is 35.5 Å². The topological polar surface area (TPSA) is 308 Å². The molecule has 8 aliphatic rings. The van der Waals surface area contributed by atoms with Gasteiger partial charge in [0.15, 0.2) is 5.82 Å². The summed E-state index contributed by atoms with van der Waals surface area (Å²) in [4.78, 5) is 94.2. The van der Waals surface area contributed by atoms with Gasteiger partial charge < -0.3 is 39.2 Å². The first-order valence-corrected chi connectivity index (χ1v) is 47.3. The van der Waals surface area contributed by atoms with Crippen LogP contribution in [-0.2, 0) is 58.5 Å². The van der Waals surface area contributed by atoms with Gasteiger partial charge in [-0.25, -0.2) is 80.5 Å². The molecule has 12 heterocycles. The number of anilines is 4. The molecule has 4 aromatic heterocycles. The molecule has 35 heteroatoms. The Labute approximate surface area is 691 Å². The molecular weight excluding hydrogens is 1620 g/mol. The molecule has 119 heavy (non-hydrogen) atoms. The van der Waals surface area contributed by atoms with E-state index in [1.807, 2.05) is 75.0 Å². The van der Waals surface area contributed by atoms with E-state index in [9.17, 15) is 74.8 Å². The largest absolute Gasteiger partial charge is 0.366 e. The Morgan fingerprint density at radius 1 is 0.311 bits per heavy atom. The minimum Gasteiger partial charge on any atom is -0.366 e. The fourth-order valence-electron chi connectivity index (χ4n) is 16.6. The van der Waals surface area contributed by atoms with Gasteiger partial charge in [0.1, 0.15) is 68.4 Å². The number of carbonyl (C=O) groups excluding carboxylic acids is 4. The second-order valence-corrected chi connectivity index (χ2v) is 40.7. The maximum atomic E-state index is 13.5. The summed E-state index contributed by atoms with van der Waals surface area (Å²) in [6.45, 7) is 10.2. The Kier molecular flexibility index (Phi) is 27.7. The lowest BCUT2D eigenvalue weighted by molar-refractivity contribution is -0.139. The van der Waals surface area contributed by atoms with Gasteiger partial charge in [0.05, 0.1) is 94.5 Å². The number of carbonyl (C=O) groups is 4. The SMILES string of the molecule is Cc1ccc(N2CCN(C(=O)C3CCS(=O)(=O)CC3)C(c3ccc(F)cc3)C2)cn1.Cc1ccc(N2CCN(C(=O)C3CCS(=O)(=O)CC3)C(c3ccc(F)cc3)C2)nc1.O=C(C1CCS(=O)(=O)CC1)N1CCN(c2ncc(F)cn2)CC1c1ccc(F)cc1.O=C(C1CCS(=O)(=O)CC1)N1CCN(c2ncccn2)CC1c1ccc(F)cc1. The first kappa shape index (κ1) is 86.7. The van der Waals surface area contributed by atoms with Crippen molar-refractivity contribution in [3.63, 3.8) is 0 Å². The molecule has 4 unspecified atom stereocenters. The molecule has 26 nitrogen and oxygen atoms in total. The molecule has 0 spiro atoms. The van der Waals surface area contributed by atoms with Crippen LogP contribution >= 0.6 is 0 Å². The van der Waals surface area contributed by atoms with Gasteiger partial charge in [-0.05, 0) is 166 Å². The highest BCUT2D eigenvalue weighted by atomic mass is 32.2. The van der Waals surface area contributed by atoms with Crippen LogP contribution in [0.5, 0.6) is 0 Å². The molecule has 0 radical (unpaired) electrons. The van der Waals surface area contributed by atoms with E-state index in [4.69, 9.17) is 0 Å². The second-order valence-electron chi connectivity index (χ2n) is 31.5. The Hall–Kier alpha value is -10.1. The molecular formula is C84H97F5N14O12S4. The van der Waals surface area contributed by atoms with Crippen molar-refractivity contribution in [2.45, 2.75) is 89.4 Å². The zero-order chi connectivity index (χ0) is 84.3. The molecule has 0 saturated carbocycles. The number of halogens is 5. The Morgan fingerprint density at radius 3 is 0.924 bits per heavy atom. The fraction of sp³-hybridized carbons (Fsp3) is 0.452. The van der Waals surface area contributed by atoms with Crippen molar-refractivity contribution >= 4 is 86.4 Å². The molecule has 4 aromatic carbocycles. The third-order valence-electron chi connectivity index (χ3n) is 23.5. The monoisotopic (exact) mass is 1720 g/mol. The van der Waals surface area contributed by atoms with Crippen molar-refractivity contribution in [1.82, 2.24) is 49.5 Å². The van der Waals surface area contributed by atoms with Crippen molar-refractivity contribution in [3.8, 4) is 0 Å². The van der Waals surface area contributed by atoms with Gasteiger partial charge in [-0.15, -0.1) is 0 Å². The van der Waals surface area contributed by atoms with Gasteiger partial charge in [-0.2, -0.15) is 0 Å². The Balaban J connectivity index is 0.000000137. The summed E-state index contributed by atoms with van der Waals surface area (Å²) in [6.07, 6.45) is 12.0. The molecule has 8 aromatic rings. The second kappa shape index (κ2) is 38.1. The molecule has 634 valence electrons. The molecule has 8 aliphatic heterocycles. The van der Waals surface area contributed by atoms with E-state index < -0.39 is 45.2 Å². The molecule has 16 rings (SSSR count). The first-order chi connectivity index (χ1) is 56.9. The number of pyridine rings is 2. The number of hydrogen-bond donors (Lipinski definition) is 0. The van der Waals surface area contributed by atoms with Crippen LogP contribution in [0, 0.1) is 66.6 Å². The van der Waals surface area contributed by atoms with E-state index in [1.54, 1.807) is 71.9 Å². The number of piperazine rings is 4. The molecule has 0 aliphatic carbocycles. The zero-order valence-corrected chi connectivity index (χ0v) is 69.5. The summed E-state index contributed by atoms with van der Waals surface area (Å²) in [5.74, 6) is -0.928. The first-order valence-electron chi connectivity index (χ1n) is 40.0. The van der Waals surface area contributed by atoms with Crippen molar-refractivity contribution < 1.29 is 74.8 Å². The number of nitrogens with zero attached hydrogens (tertiary/aromatic N) is 14. The molecule has 4 atom stereocenters. The van der Waals surface area contributed by atoms with Crippen molar-refractivity contribution in [3.05, 3.63) is 227 Å². The lowest BCUT2D eigenvalue weighted by atomic mass is 9.96. The maximum Gasteiger partial charge on any atom is 0.226 e. The van der Waals surface area contributed by atoms with Gasteiger partial charge in [-0.1, -0.05) is 54.6 Å². The molecule has 0 bridgehead atoms. The Morgan fingerprint density at radius 2 is 0.613 bits per heavy atom. The van der Waals surface area contributed by atoms with Crippen LogP contribution in [0.2, 0.25) is 0 Å². The van der Waals surface area contributed by atoms with Gasteiger partial charge in [0.25, 0.3) is 0 Å². The van der Waals surface area contributed by atoms with Crippen molar-refractivity contribution in [1.29, 1.82) is 0 Å². The highest BCUT2D eigenvalue weighted by Gasteiger charge is 2.43. The summed E-state index contributed by atoms with van der Waals surface area (Å²) < 4.78 is 161. The average molecular weight is 1720 g/mol. The fourth-order valence-corrected chi connectivity index (χ4v) is 22.5. The van der Waals surface area contributed by atoms with Crippen molar-refractivity contribution in [2.24, 2.45) is 23.7 Å². The predicted molar refractivity (Wildman–Crippen MR) is 440 cm³/mol. The summed E-state index contributed by atoms with van der Waals surface area (Å²) in [5.41, 5.74) is 6.35. The molecule has 0 N–H and O–H groups in total. The summed E-state index contributed by atoms with van der Waals surface area (Å²) in [7, 11) is -12.2. The van der Waals surface area contributed by atoms with Crippen LogP contribution in [0.15, 0.2) is 165 Å². The lowest BCUT2D eigenvalue weighted by Crippen LogP contribution is -2.53.